The van der Waals surface area contributed by atoms with Crippen LogP contribution in [-0.2, 0) is 4.74 Å². The number of urea groups is 1. The molecule has 2 aliphatic rings. The van der Waals surface area contributed by atoms with E-state index < -0.39 is 5.54 Å². The zero-order valence-corrected chi connectivity index (χ0v) is 10.1. The van der Waals surface area contributed by atoms with Crippen molar-refractivity contribution < 1.29 is 9.53 Å². The number of aliphatic imine (C=N–C) groups is 1. The quantitative estimate of drug-likeness (QED) is 0.677. The standard InChI is InChI=1S/C12H17N3O2/c1-4-9(3)15-11(16)14-10(13)12(15)5-6-17-7-8(12)2/h1,8-9H,5-7H2,2-3H3,(H2,13,14,16). The summed E-state index contributed by atoms with van der Waals surface area (Å²) >= 11 is 0. The van der Waals surface area contributed by atoms with Crippen molar-refractivity contribution in [3.63, 3.8) is 0 Å². The average molecular weight is 235 g/mol. The van der Waals surface area contributed by atoms with Gasteiger partial charge in [0.1, 0.15) is 11.4 Å². The minimum absolute atomic E-state index is 0.0993. The molecule has 0 radical (unpaired) electrons. The number of nitrogens with zero attached hydrogens (tertiary/aromatic N) is 2. The highest BCUT2D eigenvalue weighted by Gasteiger charge is 2.54. The summed E-state index contributed by atoms with van der Waals surface area (Å²) in [6.45, 7) is 4.96. The van der Waals surface area contributed by atoms with E-state index in [1.807, 2.05) is 13.8 Å². The molecule has 3 atom stereocenters. The van der Waals surface area contributed by atoms with Gasteiger partial charge in [-0.3, -0.25) is 4.90 Å². The van der Waals surface area contributed by atoms with E-state index in [1.54, 1.807) is 4.90 Å². The van der Waals surface area contributed by atoms with Crippen LogP contribution >= 0.6 is 0 Å². The summed E-state index contributed by atoms with van der Waals surface area (Å²) in [5.74, 6) is 3.06. The van der Waals surface area contributed by atoms with E-state index in [2.05, 4.69) is 10.9 Å². The fourth-order valence-corrected chi connectivity index (χ4v) is 2.74. The molecule has 1 spiro atoms. The van der Waals surface area contributed by atoms with Crippen LogP contribution in [0.4, 0.5) is 4.79 Å². The van der Waals surface area contributed by atoms with Gasteiger partial charge in [-0.1, -0.05) is 12.8 Å². The Morgan fingerprint density at radius 2 is 2.47 bits per heavy atom. The molecule has 1 saturated heterocycles. The first-order valence-corrected chi connectivity index (χ1v) is 5.76. The van der Waals surface area contributed by atoms with Gasteiger partial charge in [0.15, 0.2) is 0 Å². The number of rotatable bonds is 1. The highest BCUT2D eigenvalue weighted by molar-refractivity contribution is 6.06. The van der Waals surface area contributed by atoms with Crippen LogP contribution in [0.2, 0.25) is 0 Å². The lowest BCUT2D eigenvalue weighted by atomic mass is 9.78. The molecule has 2 rings (SSSR count). The lowest BCUT2D eigenvalue weighted by Crippen LogP contribution is -2.63. The van der Waals surface area contributed by atoms with Crippen LogP contribution in [0.1, 0.15) is 20.3 Å². The third-order valence-corrected chi connectivity index (χ3v) is 3.73. The molecule has 0 bridgehead atoms. The first-order valence-electron chi connectivity index (χ1n) is 5.76. The number of ether oxygens (including phenoxy) is 1. The zero-order valence-electron chi connectivity index (χ0n) is 10.1. The molecular formula is C12H17N3O2. The highest BCUT2D eigenvalue weighted by Crippen LogP contribution is 2.38. The van der Waals surface area contributed by atoms with E-state index in [9.17, 15) is 4.79 Å². The van der Waals surface area contributed by atoms with Gasteiger partial charge < -0.3 is 10.5 Å². The van der Waals surface area contributed by atoms with Crippen LogP contribution in [0.5, 0.6) is 0 Å². The van der Waals surface area contributed by atoms with Crippen LogP contribution in [-0.4, -0.2) is 41.6 Å². The Labute approximate surface area is 101 Å². The summed E-state index contributed by atoms with van der Waals surface area (Å²) in [6, 6.07) is -0.644. The fourth-order valence-electron chi connectivity index (χ4n) is 2.74. The Bertz CT molecular complexity index is 412. The molecule has 1 fully saturated rings. The number of amides is 2. The van der Waals surface area contributed by atoms with Crippen molar-refractivity contribution >= 4 is 11.9 Å². The molecule has 2 heterocycles. The Kier molecular flexibility index (Phi) is 2.84. The molecular weight excluding hydrogens is 218 g/mol. The number of carbonyl (C=O) groups is 1. The second-order valence-electron chi connectivity index (χ2n) is 4.64. The van der Waals surface area contributed by atoms with Crippen molar-refractivity contribution in [3.05, 3.63) is 0 Å². The van der Waals surface area contributed by atoms with Gasteiger partial charge in [-0.25, -0.2) is 4.79 Å². The number of hydrogen-bond acceptors (Lipinski definition) is 3. The summed E-state index contributed by atoms with van der Waals surface area (Å²) in [6.07, 6.45) is 6.08. The molecule has 0 aliphatic carbocycles. The Morgan fingerprint density at radius 1 is 1.76 bits per heavy atom. The van der Waals surface area contributed by atoms with Gasteiger partial charge >= 0.3 is 6.03 Å². The number of terminal acetylenes is 1. The summed E-state index contributed by atoms with van der Waals surface area (Å²) in [7, 11) is 0. The van der Waals surface area contributed by atoms with Gasteiger partial charge in [0.2, 0.25) is 0 Å². The Balaban J connectivity index is 2.44. The average Bonchev–Trinajstić information content (AvgIpc) is 2.55. The topological polar surface area (TPSA) is 67.9 Å². The van der Waals surface area contributed by atoms with E-state index in [4.69, 9.17) is 16.9 Å². The predicted octanol–water partition coefficient (Wildman–Crippen LogP) is 0.596. The first-order chi connectivity index (χ1) is 8.04. The van der Waals surface area contributed by atoms with Gasteiger partial charge in [0, 0.05) is 18.9 Å². The Hall–Kier alpha value is -1.54. The SMILES string of the molecule is C#CC(C)N1C(=O)N=C(N)C12CCOCC2C. The largest absolute Gasteiger partial charge is 0.385 e. The highest BCUT2D eigenvalue weighted by atomic mass is 16.5. The normalized spacial score (nSPS) is 34.6. The van der Waals surface area contributed by atoms with E-state index in [-0.39, 0.29) is 18.0 Å². The minimum Gasteiger partial charge on any atom is -0.385 e. The van der Waals surface area contributed by atoms with Crippen LogP contribution < -0.4 is 5.73 Å². The van der Waals surface area contributed by atoms with Gasteiger partial charge in [0.05, 0.1) is 12.6 Å². The van der Waals surface area contributed by atoms with Crippen molar-refractivity contribution in [2.75, 3.05) is 13.2 Å². The van der Waals surface area contributed by atoms with Gasteiger partial charge in [-0.15, -0.1) is 6.42 Å². The molecule has 17 heavy (non-hydrogen) atoms. The van der Waals surface area contributed by atoms with Crippen molar-refractivity contribution in [1.82, 2.24) is 4.90 Å². The summed E-state index contributed by atoms with van der Waals surface area (Å²) in [5.41, 5.74) is 5.42. The molecule has 2 aliphatic heterocycles. The maximum absolute atomic E-state index is 11.9. The number of nitrogens with two attached hydrogens (primary N) is 1. The minimum atomic E-state index is -0.554. The van der Waals surface area contributed by atoms with E-state index in [0.717, 1.165) is 0 Å². The zero-order chi connectivity index (χ0) is 12.6. The van der Waals surface area contributed by atoms with Crippen molar-refractivity contribution in [2.45, 2.75) is 31.8 Å². The molecule has 0 saturated carbocycles. The molecule has 92 valence electrons. The second-order valence-corrected chi connectivity index (χ2v) is 4.64. The lowest BCUT2D eigenvalue weighted by molar-refractivity contribution is -0.0186. The van der Waals surface area contributed by atoms with E-state index in [0.29, 0.717) is 25.5 Å². The Morgan fingerprint density at radius 3 is 3.06 bits per heavy atom. The molecule has 0 aromatic heterocycles. The summed E-state index contributed by atoms with van der Waals surface area (Å²) in [4.78, 5) is 17.5. The van der Waals surface area contributed by atoms with Crippen LogP contribution in [0.25, 0.3) is 0 Å². The van der Waals surface area contributed by atoms with E-state index >= 15 is 0 Å². The molecule has 0 aromatic carbocycles. The summed E-state index contributed by atoms with van der Waals surface area (Å²) in [5, 5.41) is 0. The lowest BCUT2D eigenvalue weighted by Gasteiger charge is -2.46. The van der Waals surface area contributed by atoms with Crippen LogP contribution in [0, 0.1) is 18.3 Å². The third kappa shape index (κ3) is 1.52. The smallest absolute Gasteiger partial charge is 0.347 e. The summed E-state index contributed by atoms with van der Waals surface area (Å²) < 4.78 is 5.41. The molecule has 2 N–H and O–H groups in total. The van der Waals surface area contributed by atoms with Gasteiger partial charge in [-0.05, 0) is 6.92 Å². The fraction of sp³-hybridized carbons (Fsp3) is 0.667. The van der Waals surface area contributed by atoms with Crippen LogP contribution in [0.15, 0.2) is 4.99 Å². The molecule has 0 aromatic rings. The van der Waals surface area contributed by atoms with Crippen molar-refractivity contribution in [2.24, 2.45) is 16.6 Å². The second kappa shape index (κ2) is 4.04. The number of hydrogen-bond donors (Lipinski definition) is 1. The maximum atomic E-state index is 11.9. The predicted molar refractivity (Wildman–Crippen MR) is 64.5 cm³/mol. The molecule has 2 amide bonds. The van der Waals surface area contributed by atoms with E-state index in [1.165, 1.54) is 0 Å². The van der Waals surface area contributed by atoms with Gasteiger partial charge in [0.25, 0.3) is 0 Å². The monoisotopic (exact) mass is 235 g/mol. The third-order valence-electron chi connectivity index (χ3n) is 3.73. The molecule has 3 unspecified atom stereocenters. The number of carbonyl (C=O) groups excluding carboxylic acids is 1. The van der Waals surface area contributed by atoms with Gasteiger partial charge in [-0.2, -0.15) is 4.99 Å². The maximum Gasteiger partial charge on any atom is 0.347 e. The first kappa shape index (κ1) is 11.9. The van der Waals surface area contributed by atoms with Crippen LogP contribution in [0.3, 0.4) is 0 Å². The van der Waals surface area contributed by atoms with Crippen molar-refractivity contribution in [3.8, 4) is 12.3 Å². The van der Waals surface area contributed by atoms with Crippen molar-refractivity contribution in [1.29, 1.82) is 0 Å². The molecule has 5 heteroatoms. The number of amidine groups is 1. The molecule has 5 nitrogen and oxygen atoms in total.